The molecular formula is C16H21NO4. The van der Waals surface area contributed by atoms with Crippen LogP contribution in [0.1, 0.15) is 25.8 Å². The number of hydrogen-bond donors (Lipinski definition) is 2. The Hall–Kier alpha value is -2.03. The van der Waals surface area contributed by atoms with Crippen LogP contribution < -0.4 is 10.1 Å². The molecule has 0 atom stereocenters. The van der Waals surface area contributed by atoms with E-state index in [0.29, 0.717) is 17.9 Å². The van der Waals surface area contributed by atoms with Gasteiger partial charge in [-0.25, -0.2) is 0 Å². The third-order valence-corrected chi connectivity index (χ3v) is 2.49. The highest BCUT2D eigenvalue weighted by molar-refractivity contribution is 5.93. The van der Waals surface area contributed by atoms with Gasteiger partial charge in [0.25, 0.3) is 0 Å². The van der Waals surface area contributed by atoms with Gasteiger partial charge in [-0.3, -0.25) is 4.79 Å². The van der Waals surface area contributed by atoms with E-state index in [4.69, 9.17) is 14.6 Å². The molecule has 1 aromatic carbocycles. The zero-order valence-corrected chi connectivity index (χ0v) is 12.6. The lowest BCUT2D eigenvalue weighted by Gasteiger charge is -2.12. The molecule has 0 radical (unpaired) electrons. The van der Waals surface area contributed by atoms with E-state index in [1.54, 1.807) is 18.2 Å². The van der Waals surface area contributed by atoms with Gasteiger partial charge in [0, 0.05) is 12.0 Å². The zero-order valence-electron chi connectivity index (χ0n) is 12.6. The molecule has 1 rings (SSSR count). The molecule has 0 saturated heterocycles. The van der Waals surface area contributed by atoms with Crippen LogP contribution in [0.4, 0.5) is 5.69 Å². The first-order chi connectivity index (χ1) is 10.1. The van der Waals surface area contributed by atoms with Crippen LogP contribution in [0.2, 0.25) is 0 Å². The molecule has 2 N–H and O–H groups in total. The lowest BCUT2D eigenvalue weighted by atomic mass is 10.2. The Morgan fingerprint density at radius 1 is 1.43 bits per heavy atom. The first-order valence-corrected chi connectivity index (χ1v) is 6.76. The molecule has 0 spiro atoms. The molecule has 5 nitrogen and oxygen atoms in total. The molecule has 0 aliphatic rings. The quantitative estimate of drug-likeness (QED) is 0.784. The highest BCUT2D eigenvalue weighted by Crippen LogP contribution is 2.25. The molecule has 0 heterocycles. The molecular weight excluding hydrogens is 270 g/mol. The molecule has 0 aliphatic carbocycles. The molecule has 0 aromatic heterocycles. The average Bonchev–Trinajstić information content (AvgIpc) is 2.46. The van der Waals surface area contributed by atoms with Gasteiger partial charge in [0.2, 0.25) is 5.91 Å². The first kappa shape index (κ1) is 17.0. The smallest absolute Gasteiger partial charge is 0.250 e. The number of benzene rings is 1. The maximum Gasteiger partial charge on any atom is 0.250 e. The third kappa shape index (κ3) is 6.30. The fourth-order valence-corrected chi connectivity index (χ4v) is 1.53. The highest BCUT2D eigenvalue weighted by Gasteiger charge is 2.09. The van der Waals surface area contributed by atoms with Gasteiger partial charge in [-0.2, -0.15) is 0 Å². The van der Waals surface area contributed by atoms with Gasteiger partial charge in [0.15, 0.2) is 0 Å². The van der Waals surface area contributed by atoms with Crippen LogP contribution >= 0.6 is 0 Å². The minimum absolute atomic E-state index is 0.00618. The van der Waals surface area contributed by atoms with Gasteiger partial charge >= 0.3 is 0 Å². The Bertz CT molecular complexity index is 529. The predicted molar refractivity (Wildman–Crippen MR) is 81.3 cm³/mol. The highest BCUT2D eigenvalue weighted by atomic mass is 16.5. The molecule has 0 saturated carbocycles. The Labute approximate surface area is 125 Å². The monoisotopic (exact) mass is 291 g/mol. The summed E-state index contributed by atoms with van der Waals surface area (Å²) >= 11 is 0. The molecule has 114 valence electrons. The number of aliphatic hydroxyl groups is 1. The molecule has 0 aliphatic heterocycles. The maximum absolute atomic E-state index is 11.8. The van der Waals surface area contributed by atoms with Crippen molar-refractivity contribution in [3.05, 3.63) is 23.8 Å². The van der Waals surface area contributed by atoms with E-state index in [-0.39, 0.29) is 25.2 Å². The maximum atomic E-state index is 11.8. The van der Waals surface area contributed by atoms with Crippen LogP contribution in [-0.2, 0) is 9.53 Å². The molecule has 1 aromatic rings. The van der Waals surface area contributed by atoms with E-state index in [9.17, 15) is 4.79 Å². The van der Waals surface area contributed by atoms with Crippen LogP contribution in [0.3, 0.4) is 0 Å². The summed E-state index contributed by atoms with van der Waals surface area (Å²) in [4.78, 5) is 11.8. The van der Waals surface area contributed by atoms with Crippen molar-refractivity contribution in [2.45, 2.75) is 26.4 Å². The summed E-state index contributed by atoms with van der Waals surface area (Å²) in [6.45, 7) is 3.75. The number of amides is 1. The normalized spacial score (nSPS) is 9.95. The van der Waals surface area contributed by atoms with Crippen molar-refractivity contribution in [3.8, 4) is 17.6 Å². The summed E-state index contributed by atoms with van der Waals surface area (Å²) in [5.74, 6) is 6.05. The van der Waals surface area contributed by atoms with Gasteiger partial charge in [-0.1, -0.05) is 11.8 Å². The standard InChI is InChI=1S/C16H21NO4/c1-12(2)21-11-16(19)17-14-10-13(6-4-5-9-18)7-8-15(14)20-3/h7-8,10,12,18H,5,9,11H2,1-3H3,(H,17,19). The molecule has 0 unspecified atom stereocenters. The number of carbonyl (C=O) groups is 1. The molecule has 5 heteroatoms. The Kier molecular flexibility index (Phi) is 7.30. The number of rotatable bonds is 6. The number of methoxy groups -OCH3 is 1. The van der Waals surface area contributed by atoms with Crippen molar-refractivity contribution in [1.29, 1.82) is 0 Å². The van der Waals surface area contributed by atoms with Crippen LogP contribution in [0, 0.1) is 11.8 Å². The molecule has 1 amide bonds. The van der Waals surface area contributed by atoms with Gasteiger partial charge < -0.3 is 19.9 Å². The fourth-order valence-electron chi connectivity index (χ4n) is 1.53. The zero-order chi connectivity index (χ0) is 15.7. The number of ether oxygens (including phenoxy) is 2. The summed E-state index contributed by atoms with van der Waals surface area (Å²) in [5.41, 5.74) is 1.29. The SMILES string of the molecule is COc1ccc(C#CCCO)cc1NC(=O)COC(C)C. The number of hydrogen-bond acceptors (Lipinski definition) is 4. The van der Waals surface area contributed by atoms with E-state index in [1.807, 2.05) is 13.8 Å². The molecule has 21 heavy (non-hydrogen) atoms. The summed E-state index contributed by atoms with van der Waals surface area (Å²) in [6, 6.07) is 5.27. The molecule has 0 bridgehead atoms. The molecule has 0 fully saturated rings. The van der Waals surface area contributed by atoms with Gasteiger partial charge in [0.05, 0.1) is 25.5 Å². The number of aliphatic hydroxyl groups excluding tert-OH is 1. The number of nitrogens with one attached hydrogen (secondary N) is 1. The number of anilines is 1. The number of carbonyl (C=O) groups excluding carboxylic acids is 1. The Balaban J connectivity index is 2.81. The van der Waals surface area contributed by atoms with Gasteiger partial charge in [-0.05, 0) is 32.0 Å². The van der Waals surface area contributed by atoms with Crippen molar-refractivity contribution in [2.24, 2.45) is 0 Å². The summed E-state index contributed by atoms with van der Waals surface area (Å²) in [6.07, 6.45) is 0.406. The lowest BCUT2D eigenvalue weighted by Crippen LogP contribution is -2.21. The van der Waals surface area contributed by atoms with Crippen molar-refractivity contribution < 1.29 is 19.4 Å². The van der Waals surface area contributed by atoms with Crippen molar-refractivity contribution >= 4 is 11.6 Å². The van der Waals surface area contributed by atoms with Crippen LogP contribution in [0.5, 0.6) is 5.75 Å². The van der Waals surface area contributed by atoms with E-state index in [1.165, 1.54) is 7.11 Å². The topological polar surface area (TPSA) is 67.8 Å². The lowest BCUT2D eigenvalue weighted by molar-refractivity contribution is -0.121. The van der Waals surface area contributed by atoms with Crippen LogP contribution in [0.25, 0.3) is 0 Å². The summed E-state index contributed by atoms with van der Waals surface area (Å²) < 4.78 is 10.5. The second-order valence-electron chi connectivity index (χ2n) is 4.60. The fraction of sp³-hybridized carbons (Fsp3) is 0.438. The minimum atomic E-state index is -0.248. The summed E-state index contributed by atoms with van der Waals surface area (Å²) in [5, 5.41) is 11.5. The third-order valence-electron chi connectivity index (χ3n) is 2.49. The predicted octanol–water partition coefficient (Wildman–Crippen LogP) is 1.79. The Morgan fingerprint density at radius 2 is 2.19 bits per heavy atom. The van der Waals surface area contributed by atoms with Crippen LogP contribution in [0.15, 0.2) is 18.2 Å². The Morgan fingerprint density at radius 3 is 2.81 bits per heavy atom. The van der Waals surface area contributed by atoms with E-state index in [2.05, 4.69) is 17.2 Å². The first-order valence-electron chi connectivity index (χ1n) is 6.76. The van der Waals surface area contributed by atoms with Crippen LogP contribution in [-0.4, -0.2) is 37.4 Å². The van der Waals surface area contributed by atoms with E-state index >= 15 is 0 Å². The second kappa shape index (κ2) is 9.01. The van der Waals surface area contributed by atoms with Gasteiger partial charge in [0.1, 0.15) is 12.4 Å². The van der Waals surface area contributed by atoms with Crippen molar-refractivity contribution in [3.63, 3.8) is 0 Å². The largest absolute Gasteiger partial charge is 0.495 e. The van der Waals surface area contributed by atoms with Crippen molar-refractivity contribution in [1.82, 2.24) is 0 Å². The summed E-state index contributed by atoms with van der Waals surface area (Å²) in [7, 11) is 1.53. The van der Waals surface area contributed by atoms with Crippen molar-refractivity contribution in [2.75, 3.05) is 25.6 Å². The van der Waals surface area contributed by atoms with E-state index in [0.717, 1.165) is 5.56 Å². The average molecular weight is 291 g/mol. The minimum Gasteiger partial charge on any atom is -0.495 e. The second-order valence-corrected chi connectivity index (χ2v) is 4.60. The van der Waals surface area contributed by atoms with E-state index < -0.39 is 0 Å². The van der Waals surface area contributed by atoms with Gasteiger partial charge in [-0.15, -0.1) is 0 Å².